The zero-order valence-corrected chi connectivity index (χ0v) is 10.8. The molecule has 0 saturated carbocycles. The molecule has 20 heavy (non-hydrogen) atoms. The zero-order chi connectivity index (χ0) is 15.1. The van der Waals surface area contributed by atoms with E-state index in [1.165, 1.54) is 13.2 Å². The Hall–Kier alpha value is -2.41. The highest BCUT2D eigenvalue weighted by Crippen LogP contribution is 2.10. The monoisotopic (exact) mass is 281 g/mol. The Labute approximate surface area is 115 Å². The summed E-state index contributed by atoms with van der Waals surface area (Å²) in [6.45, 7) is 0.195. The Morgan fingerprint density at radius 3 is 2.45 bits per heavy atom. The predicted molar refractivity (Wildman–Crippen MR) is 68.3 cm³/mol. The van der Waals surface area contributed by atoms with Crippen molar-refractivity contribution in [2.45, 2.75) is 19.1 Å². The largest absolute Gasteiger partial charge is 0.481 e. The second kappa shape index (κ2) is 7.25. The molecular weight excluding hydrogens is 266 g/mol. The minimum absolute atomic E-state index is 0.195. The number of hydrogen-bond acceptors (Lipinski definition) is 4. The first kappa shape index (κ1) is 15.6. The van der Waals surface area contributed by atoms with Crippen LogP contribution in [0.5, 0.6) is 0 Å². The van der Waals surface area contributed by atoms with Crippen molar-refractivity contribution in [3.8, 4) is 0 Å². The van der Waals surface area contributed by atoms with Gasteiger partial charge in [0.25, 0.3) is 5.91 Å². The number of carbonyl (C=O) groups is 3. The fourth-order valence-corrected chi connectivity index (χ4v) is 1.63. The number of rotatable bonds is 7. The average molecular weight is 281 g/mol. The second-order valence-electron chi connectivity index (χ2n) is 4.05. The van der Waals surface area contributed by atoms with Gasteiger partial charge in [0.15, 0.2) is 0 Å². The molecule has 1 aromatic rings. The molecule has 0 fully saturated rings. The summed E-state index contributed by atoms with van der Waals surface area (Å²) >= 11 is 0. The first-order valence-electron chi connectivity index (χ1n) is 5.78. The molecule has 1 aromatic carbocycles. The van der Waals surface area contributed by atoms with Gasteiger partial charge in [-0.25, -0.2) is 4.79 Å². The van der Waals surface area contributed by atoms with Crippen molar-refractivity contribution < 1.29 is 29.3 Å². The van der Waals surface area contributed by atoms with Crippen molar-refractivity contribution in [2.75, 3.05) is 7.11 Å². The van der Waals surface area contributed by atoms with E-state index < -0.39 is 30.3 Å². The van der Waals surface area contributed by atoms with Crippen LogP contribution in [0.3, 0.4) is 0 Å². The van der Waals surface area contributed by atoms with Gasteiger partial charge in [-0.3, -0.25) is 9.59 Å². The summed E-state index contributed by atoms with van der Waals surface area (Å²) in [5.41, 5.74) is 0.845. The minimum Gasteiger partial charge on any atom is -0.481 e. The Morgan fingerprint density at radius 2 is 1.90 bits per heavy atom. The number of aliphatic carboxylic acids is 2. The number of nitrogens with one attached hydrogen (secondary N) is 1. The number of ether oxygens (including phenoxy) is 1. The zero-order valence-electron chi connectivity index (χ0n) is 10.8. The van der Waals surface area contributed by atoms with Crippen LogP contribution in [0.2, 0.25) is 0 Å². The molecule has 7 nitrogen and oxygen atoms in total. The lowest BCUT2D eigenvalue weighted by atomic mass is 10.1. The van der Waals surface area contributed by atoms with Crippen LogP contribution in [0.1, 0.15) is 22.3 Å². The van der Waals surface area contributed by atoms with Crippen LogP contribution in [0, 0.1) is 0 Å². The molecule has 0 unspecified atom stereocenters. The van der Waals surface area contributed by atoms with E-state index in [1.807, 2.05) is 0 Å². The summed E-state index contributed by atoms with van der Waals surface area (Å²) in [6, 6.07) is 5.06. The maximum Gasteiger partial charge on any atom is 0.326 e. The number of hydrogen-bond donors (Lipinski definition) is 3. The molecular formula is C13H15NO6. The third-order valence-corrected chi connectivity index (χ3v) is 2.54. The van der Waals surface area contributed by atoms with Gasteiger partial charge in [0.2, 0.25) is 0 Å². The van der Waals surface area contributed by atoms with Crippen molar-refractivity contribution in [3.63, 3.8) is 0 Å². The van der Waals surface area contributed by atoms with Crippen LogP contribution >= 0.6 is 0 Å². The van der Waals surface area contributed by atoms with E-state index in [1.54, 1.807) is 18.2 Å². The first-order chi connectivity index (χ1) is 9.45. The van der Waals surface area contributed by atoms with Gasteiger partial charge < -0.3 is 20.3 Å². The van der Waals surface area contributed by atoms with Crippen LogP contribution in [-0.2, 0) is 20.9 Å². The quantitative estimate of drug-likeness (QED) is 0.670. The maximum atomic E-state index is 12.0. The Bertz CT molecular complexity index is 513. The number of amides is 1. The van der Waals surface area contributed by atoms with E-state index in [4.69, 9.17) is 14.9 Å². The number of carboxylic acid groups (broad SMARTS) is 2. The lowest BCUT2D eigenvalue weighted by molar-refractivity contribution is -0.145. The molecule has 7 heteroatoms. The lowest BCUT2D eigenvalue weighted by Crippen LogP contribution is -2.42. The smallest absolute Gasteiger partial charge is 0.326 e. The summed E-state index contributed by atoms with van der Waals surface area (Å²) in [7, 11) is 1.47. The highest BCUT2D eigenvalue weighted by atomic mass is 16.5. The van der Waals surface area contributed by atoms with Gasteiger partial charge in [-0.2, -0.15) is 0 Å². The molecule has 0 aliphatic rings. The Kier molecular flexibility index (Phi) is 5.67. The molecule has 0 radical (unpaired) electrons. The third kappa shape index (κ3) is 4.36. The molecule has 108 valence electrons. The summed E-state index contributed by atoms with van der Waals surface area (Å²) < 4.78 is 4.95. The van der Waals surface area contributed by atoms with Gasteiger partial charge in [-0.05, 0) is 11.6 Å². The van der Waals surface area contributed by atoms with E-state index in [-0.39, 0.29) is 12.2 Å². The first-order valence-corrected chi connectivity index (χ1v) is 5.78. The highest BCUT2D eigenvalue weighted by Gasteiger charge is 2.24. The summed E-state index contributed by atoms with van der Waals surface area (Å²) in [4.78, 5) is 33.5. The maximum absolute atomic E-state index is 12.0. The molecule has 1 rings (SSSR count). The van der Waals surface area contributed by atoms with Crippen LogP contribution in [-0.4, -0.2) is 41.2 Å². The Balaban J connectivity index is 2.88. The van der Waals surface area contributed by atoms with Crippen molar-refractivity contribution in [1.82, 2.24) is 5.32 Å². The van der Waals surface area contributed by atoms with E-state index >= 15 is 0 Å². The van der Waals surface area contributed by atoms with Crippen LogP contribution < -0.4 is 5.32 Å². The standard InChI is InChI=1S/C13H15NO6/c1-20-7-8-4-2-3-5-9(8)12(17)14-10(13(18)19)6-11(15)16/h2-5,10H,6-7H2,1H3,(H,14,17)(H,15,16)(H,18,19)/t10-/m0/s1. The summed E-state index contributed by atoms with van der Waals surface area (Å²) in [5.74, 6) is -3.35. The van der Waals surface area contributed by atoms with Crippen LogP contribution in [0.25, 0.3) is 0 Å². The normalized spacial score (nSPS) is 11.7. The molecule has 1 amide bonds. The SMILES string of the molecule is COCc1ccccc1C(=O)N[C@@H](CC(=O)O)C(=O)O. The minimum atomic E-state index is -1.48. The van der Waals surface area contributed by atoms with Gasteiger partial charge >= 0.3 is 11.9 Å². The summed E-state index contributed by atoms with van der Waals surface area (Å²) in [6.07, 6.45) is -0.687. The molecule has 1 atom stereocenters. The van der Waals surface area contributed by atoms with Crippen molar-refractivity contribution in [1.29, 1.82) is 0 Å². The molecule has 0 saturated heterocycles. The fourth-order valence-electron chi connectivity index (χ4n) is 1.63. The van der Waals surface area contributed by atoms with E-state index in [0.29, 0.717) is 5.56 Å². The van der Waals surface area contributed by atoms with E-state index in [0.717, 1.165) is 0 Å². The molecule has 3 N–H and O–H groups in total. The van der Waals surface area contributed by atoms with Crippen molar-refractivity contribution in [2.24, 2.45) is 0 Å². The van der Waals surface area contributed by atoms with Gasteiger partial charge in [0.1, 0.15) is 6.04 Å². The number of carbonyl (C=O) groups excluding carboxylic acids is 1. The lowest BCUT2D eigenvalue weighted by Gasteiger charge is -2.14. The van der Waals surface area contributed by atoms with Gasteiger partial charge in [-0.1, -0.05) is 18.2 Å². The number of methoxy groups -OCH3 is 1. The second-order valence-corrected chi connectivity index (χ2v) is 4.05. The Morgan fingerprint density at radius 1 is 1.25 bits per heavy atom. The summed E-state index contributed by atoms with van der Waals surface area (Å²) in [5, 5.41) is 19.7. The van der Waals surface area contributed by atoms with Crippen molar-refractivity contribution >= 4 is 17.8 Å². The van der Waals surface area contributed by atoms with Crippen LogP contribution in [0.4, 0.5) is 0 Å². The molecule has 0 aliphatic carbocycles. The molecule has 0 aromatic heterocycles. The molecule has 0 spiro atoms. The van der Waals surface area contributed by atoms with Crippen LogP contribution in [0.15, 0.2) is 24.3 Å². The molecule has 0 bridgehead atoms. The highest BCUT2D eigenvalue weighted by molar-refractivity contribution is 5.98. The average Bonchev–Trinajstić information content (AvgIpc) is 2.38. The number of carboxylic acids is 2. The van der Waals surface area contributed by atoms with Crippen molar-refractivity contribution in [3.05, 3.63) is 35.4 Å². The van der Waals surface area contributed by atoms with Gasteiger partial charge in [0, 0.05) is 12.7 Å². The third-order valence-electron chi connectivity index (χ3n) is 2.54. The van der Waals surface area contributed by atoms with E-state index in [2.05, 4.69) is 5.32 Å². The molecule has 0 aliphatic heterocycles. The fraction of sp³-hybridized carbons (Fsp3) is 0.308. The molecule has 0 heterocycles. The topological polar surface area (TPSA) is 113 Å². The van der Waals surface area contributed by atoms with Gasteiger partial charge in [0.05, 0.1) is 13.0 Å². The van der Waals surface area contributed by atoms with E-state index in [9.17, 15) is 14.4 Å². The number of benzene rings is 1. The predicted octanol–water partition coefficient (Wildman–Crippen LogP) is 0.491. The van der Waals surface area contributed by atoms with Gasteiger partial charge in [-0.15, -0.1) is 0 Å².